The molecule has 1 saturated heterocycles. The smallest absolute Gasteiger partial charge is 0.259 e. The Kier molecular flexibility index (Phi) is 4.41. The number of methoxy groups -OCH3 is 1. The second kappa shape index (κ2) is 6.64. The highest BCUT2D eigenvalue weighted by atomic mass is 16.5. The number of anilines is 2. The summed E-state index contributed by atoms with van der Waals surface area (Å²) in [6, 6.07) is 7.30. The predicted molar refractivity (Wildman–Crippen MR) is 89.2 cm³/mol. The molecule has 1 fully saturated rings. The summed E-state index contributed by atoms with van der Waals surface area (Å²) in [5.74, 6) is 1.09. The number of nitrogens with zero attached hydrogens (tertiary/aromatic N) is 3. The molecule has 0 atom stereocenters. The second-order valence-electron chi connectivity index (χ2n) is 5.52. The summed E-state index contributed by atoms with van der Waals surface area (Å²) in [6.07, 6.45) is 3.93. The summed E-state index contributed by atoms with van der Waals surface area (Å²) < 4.78 is 5.25. The molecule has 23 heavy (non-hydrogen) atoms. The maximum Gasteiger partial charge on any atom is 0.259 e. The Morgan fingerprint density at radius 1 is 1.26 bits per heavy atom. The number of benzene rings is 1. The largest absolute Gasteiger partial charge is 0.495 e. The monoisotopic (exact) mass is 312 g/mol. The Morgan fingerprint density at radius 2 is 2.00 bits per heavy atom. The van der Waals surface area contributed by atoms with Crippen molar-refractivity contribution in [2.24, 2.45) is 0 Å². The molecule has 120 valence electrons. The Hall–Kier alpha value is -2.63. The van der Waals surface area contributed by atoms with Crippen LogP contribution in [0.2, 0.25) is 0 Å². The van der Waals surface area contributed by atoms with Crippen LogP contribution in [0.3, 0.4) is 0 Å². The van der Waals surface area contributed by atoms with Crippen LogP contribution >= 0.6 is 0 Å². The number of aromatic nitrogens is 2. The zero-order chi connectivity index (χ0) is 16.2. The number of para-hydroxylation sites is 2. The molecule has 1 amide bonds. The van der Waals surface area contributed by atoms with E-state index in [4.69, 9.17) is 4.74 Å². The number of hydrogen-bond donors (Lipinski definition) is 1. The quantitative estimate of drug-likeness (QED) is 0.940. The maximum atomic E-state index is 12.5. The van der Waals surface area contributed by atoms with Crippen LogP contribution in [0.1, 0.15) is 28.9 Å². The molecule has 0 spiro atoms. The fourth-order valence-corrected chi connectivity index (χ4v) is 2.68. The minimum absolute atomic E-state index is 0.236. The fourth-order valence-electron chi connectivity index (χ4n) is 2.68. The average molecular weight is 312 g/mol. The third-order valence-corrected chi connectivity index (χ3v) is 3.96. The number of hydrogen-bond acceptors (Lipinski definition) is 5. The van der Waals surface area contributed by atoms with Crippen molar-refractivity contribution >= 4 is 17.5 Å². The Bertz CT molecular complexity index is 711. The molecule has 1 aromatic carbocycles. The molecule has 2 heterocycles. The molecule has 1 aliphatic heterocycles. The minimum atomic E-state index is -0.236. The lowest BCUT2D eigenvalue weighted by molar-refractivity contribution is 0.102. The number of rotatable bonds is 4. The average Bonchev–Trinajstić information content (AvgIpc) is 3.09. The molecule has 1 N–H and O–H groups in total. The van der Waals surface area contributed by atoms with E-state index >= 15 is 0 Å². The summed E-state index contributed by atoms with van der Waals surface area (Å²) in [4.78, 5) is 23.5. The van der Waals surface area contributed by atoms with E-state index < -0.39 is 0 Å². The summed E-state index contributed by atoms with van der Waals surface area (Å²) in [7, 11) is 1.57. The lowest BCUT2D eigenvalue weighted by Crippen LogP contribution is -2.22. The second-order valence-corrected chi connectivity index (χ2v) is 5.52. The SMILES string of the molecule is COc1ccccc1NC(=O)c1cnc(N2CCCC2)nc1C. The molecule has 1 aliphatic rings. The van der Waals surface area contributed by atoms with Crippen LogP contribution in [-0.4, -0.2) is 36.1 Å². The summed E-state index contributed by atoms with van der Waals surface area (Å²) >= 11 is 0. The van der Waals surface area contributed by atoms with Crippen molar-refractivity contribution in [3.63, 3.8) is 0 Å². The van der Waals surface area contributed by atoms with E-state index in [2.05, 4.69) is 20.2 Å². The molecule has 2 aromatic rings. The van der Waals surface area contributed by atoms with Crippen molar-refractivity contribution in [3.05, 3.63) is 41.7 Å². The van der Waals surface area contributed by atoms with E-state index in [1.165, 1.54) is 12.8 Å². The topological polar surface area (TPSA) is 67.3 Å². The van der Waals surface area contributed by atoms with Gasteiger partial charge in [0, 0.05) is 19.3 Å². The van der Waals surface area contributed by atoms with Gasteiger partial charge in [-0.3, -0.25) is 4.79 Å². The van der Waals surface area contributed by atoms with Crippen LogP contribution in [0.15, 0.2) is 30.5 Å². The Morgan fingerprint density at radius 3 is 2.70 bits per heavy atom. The molecular weight excluding hydrogens is 292 g/mol. The van der Waals surface area contributed by atoms with Gasteiger partial charge in [0.25, 0.3) is 5.91 Å². The highest BCUT2D eigenvalue weighted by molar-refractivity contribution is 6.05. The van der Waals surface area contributed by atoms with E-state index in [-0.39, 0.29) is 5.91 Å². The first kappa shape index (κ1) is 15.3. The van der Waals surface area contributed by atoms with Crippen LogP contribution in [0.5, 0.6) is 5.75 Å². The standard InChI is InChI=1S/C17H20N4O2/c1-12-13(11-18-17(19-12)21-9-5-6-10-21)16(22)20-14-7-3-4-8-15(14)23-2/h3-4,7-8,11H,5-6,9-10H2,1-2H3,(H,20,22). The Labute approximate surface area is 135 Å². The van der Waals surface area contributed by atoms with Gasteiger partial charge in [0.2, 0.25) is 5.95 Å². The number of carbonyl (C=O) groups excluding carboxylic acids is 1. The van der Waals surface area contributed by atoms with Gasteiger partial charge in [0.05, 0.1) is 24.1 Å². The number of ether oxygens (including phenoxy) is 1. The molecule has 0 saturated carbocycles. The predicted octanol–water partition coefficient (Wildman–Crippen LogP) is 2.65. The number of aryl methyl sites for hydroxylation is 1. The third kappa shape index (κ3) is 3.26. The zero-order valence-electron chi connectivity index (χ0n) is 13.4. The number of amides is 1. The van der Waals surface area contributed by atoms with Gasteiger partial charge in [0.1, 0.15) is 5.75 Å². The fraction of sp³-hybridized carbons (Fsp3) is 0.353. The van der Waals surface area contributed by atoms with Crippen molar-refractivity contribution in [3.8, 4) is 5.75 Å². The van der Waals surface area contributed by atoms with E-state index in [0.29, 0.717) is 28.6 Å². The van der Waals surface area contributed by atoms with Gasteiger partial charge in [-0.25, -0.2) is 9.97 Å². The first-order valence-electron chi connectivity index (χ1n) is 7.72. The molecule has 0 unspecified atom stereocenters. The van der Waals surface area contributed by atoms with Gasteiger partial charge in [-0.1, -0.05) is 12.1 Å². The molecule has 1 aromatic heterocycles. The van der Waals surface area contributed by atoms with Crippen molar-refractivity contribution < 1.29 is 9.53 Å². The molecule has 3 rings (SSSR count). The number of nitrogens with one attached hydrogen (secondary N) is 1. The molecule has 0 bridgehead atoms. The van der Waals surface area contributed by atoms with Gasteiger partial charge in [-0.2, -0.15) is 0 Å². The third-order valence-electron chi connectivity index (χ3n) is 3.96. The highest BCUT2D eigenvalue weighted by Crippen LogP contribution is 2.24. The maximum absolute atomic E-state index is 12.5. The Balaban J connectivity index is 1.79. The van der Waals surface area contributed by atoms with Crippen molar-refractivity contribution in [1.29, 1.82) is 0 Å². The van der Waals surface area contributed by atoms with E-state index in [0.717, 1.165) is 13.1 Å². The normalized spacial score (nSPS) is 13.9. The van der Waals surface area contributed by atoms with Crippen molar-refractivity contribution in [2.45, 2.75) is 19.8 Å². The van der Waals surface area contributed by atoms with Gasteiger partial charge in [0.15, 0.2) is 0 Å². The molecule has 0 aliphatic carbocycles. The molecule has 6 nitrogen and oxygen atoms in total. The van der Waals surface area contributed by atoms with Crippen molar-refractivity contribution in [2.75, 3.05) is 30.4 Å². The first-order valence-corrected chi connectivity index (χ1v) is 7.72. The van der Waals surface area contributed by atoms with Crippen LogP contribution in [0.4, 0.5) is 11.6 Å². The lowest BCUT2D eigenvalue weighted by atomic mass is 10.2. The van der Waals surface area contributed by atoms with E-state index in [9.17, 15) is 4.79 Å². The molecule has 6 heteroatoms. The molecular formula is C17H20N4O2. The summed E-state index contributed by atoms with van der Waals surface area (Å²) in [5, 5.41) is 2.85. The van der Waals surface area contributed by atoms with Crippen LogP contribution in [0.25, 0.3) is 0 Å². The molecule has 0 radical (unpaired) electrons. The van der Waals surface area contributed by atoms with E-state index in [1.54, 1.807) is 25.4 Å². The van der Waals surface area contributed by atoms with Gasteiger partial charge < -0.3 is 15.0 Å². The van der Waals surface area contributed by atoms with Crippen LogP contribution < -0.4 is 15.0 Å². The van der Waals surface area contributed by atoms with Crippen LogP contribution in [0, 0.1) is 6.92 Å². The van der Waals surface area contributed by atoms with Crippen LogP contribution in [-0.2, 0) is 0 Å². The minimum Gasteiger partial charge on any atom is -0.495 e. The van der Waals surface area contributed by atoms with Gasteiger partial charge >= 0.3 is 0 Å². The van der Waals surface area contributed by atoms with Gasteiger partial charge in [-0.15, -0.1) is 0 Å². The summed E-state index contributed by atoms with van der Waals surface area (Å²) in [6.45, 7) is 3.79. The van der Waals surface area contributed by atoms with E-state index in [1.807, 2.05) is 19.1 Å². The van der Waals surface area contributed by atoms with Crippen molar-refractivity contribution in [1.82, 2.24) is 9.97 Å². The van der Waals surface area contributed by atoms with Gasteiger partial charge in [-0.05, 0) is 31.9 Å². The number of carbonyl (C=O) groups is 1. The highest BCUT2D eigenvalue weighted by Gasteiger charge is 2.18. The summed E-state index contributed by atoms with van der Waals surface area (Å²) in [5.41, 5.74) is 1.77. The zero-order valence-corrected chi connectivity index (χ0v) is 13.4. The first-order chi connectivity index (χ1) is 11.2. The lowest BCUT2D eigenvalue weighted by Gasteiger charge is -2.16.